The number of rotatable bonds is 9. The van der Waals surface area contributed by atoms with Crippen LogP contribution in [0.4, 0.5) is 0 Å². The van der Waals surface area contributed by atoms with Crippen LogP contribution in [0.25, 0.3) is 101 Å². The standard InChI is InChI=1S/C56H38N4/c1-3-14-40(15-4-1)54-30-28-43(37-59-54)49-19-8-11-22-52(49)46-34-45(51-21-10-7-18-48(51)39-24-26-42(27-25-39)56-57-32-13-33-58-56)35-47(36-46)53-23-12-9-20-50(53)44-29-31-55(60-38-44)41-16-5-2-6-17-41/h1-38H. The van der Waals surface area contributed by atoms with Gasteiger partial charge in [-0.1, -0.05) is 170 Å². The Labute approximate surface area is 350 Å². The Morgan fingerprint density at radius 3 is 0.933 bits per heavy atom. The monoisotopic (exact) mass is 766 g/mol. The highest BCUT2D eigenvalue weighted by molar-refractivity contribution is 5.94. The van der Waals surface area contributed by atoms with Gasteiger partial charge in [-0.15, -0.1) is 0 Å². The summed E-state index contributed by atoms with van der Waals surface area (Å²) in [6, 6.07) is 72.5. The second-order valence-corrected chi connectivity index (χ2v) is 14.7. The van der Waals surface area contributed by atoms with Crippen LogP contribution >= 0.6 is 0 Å². The van der Waals surface area contributed by atoms with E-state index in [1.54, 1.807) is 12.4 Å². The van der Waals surface area contributed by atoms with Crippen LogP contribution in [-0.4, -0.2) is 19.9 Å². The van der Waals surface area contributed by atoms with Gasteiger partial charge in [0.25, 0.3) is 0 Å². The predicted molar refractivity (Wildman–Crippen MR) is 247 cm³/mol. The van der Waals surface area contributed by atoms with Gasteiger partial charge in [0, 0.05) is 52.6 Å². The first-order chi connectivity index (χ1) is 29.7. The zero-order valence-electron chi connectivity index (χ0n) is 32.7. The van der Waals surface area contributed by atoms with E-state index in [0.29, 0.717) is 5.82 Å². The van der Waals surface area contributed by atoms with Gasteiger partial charge in [0.2, 0.25) is 0 Å². The van der Waals surface area contributed by atoms with Crippen molar-refractivity contribution in [3.05, 3.63) is 231 Å². The summed E-state index contributed by atoms with van der Waals surface area (Å²) in [6.45, 7) is 0. The summed E-state index contributed by atoms with van der Waals surface area (Å²) >= 11 is 0. The first-order valence-corrected chi connectivity index (χ1v) is 20.1. The largest absolute Gasteiger partial charge is 0.256 e. The zero-order valence-corrected chi connectivity index (χ0v) is 32.7. The third kappa shape index (κ3) is 7.42. The summed E-state index contributed by atoms with van der Waals surface area (Å²) in [4.78, 5) is 18.8. The van der Waals surface area contributed by atoms with Crippen LogP contribution in [0, 0.1) is 0 Å². The number of hydrogen-bond acceptors (Lipinski definition) is 4. The SMILES string of the molecule is c1ccc(-c2ccc(-c3ccccc3-c3cc(-c4ccccc4-c4ccc(-c5ncccn5)cc4)cc(-c4ccccc4-c4ccc(-c5ccccc5)nc4)c3)cn2)cc1. The van der Waals surface area contributed by atoms with E-state index in [-0.39, 0.29) is 0 Å². The predicted octanol–water partition coefficient (Wildman–Crippen LogP) is 14.3. The fraction of sp³-hybridized carbons (Fsp3) is 0. The maximum atomic E-state index is 4.92. The van der Waals surface area contributed by atoms with Gasteiger partial charge in [-0.3, -0.25) is 9.97 Å². The molecule has 0 fully saturated rings. The zero-order chi connectivity index (χ0) is 40.1. The second kappa shape index (κ2) is 16.4. The van der Waals surface area contributed by atoms with E-state index >= 15 is 0 Å². The molecule has 7 aromatic carbocycles. The lowest BCUT2D eigenvalue weighted by atomic mass is 9.86. The summed E-state index contributed by atoms with van der Waals surface area (Å²) in [7, 11) is 0. The van der Waals surface area contributed by atoms with Crippen molar-refractivity contribution in [3.8, 4) is 101 Å². The number of nitrogens with zero attached hydrogens (tertiary/aromatic N) is 4. The highest BCUT2D eigenvalue weighted by atomic mass is 14.8. The maximum Gasteiger partial charge on any atom is 0.159 e. The molecular formula is C56H38N4. The molecule has 282 valence electrons. The molecule has 60 heavy (non-hydrogen) atoms. The molecule has 0 spiro atoms. The van der Waals surface area contributed by atoms with Crippen LogP contribution < -0.4 is 0 Å². The number of pyridine rings is 2. The molecule has 3 aromatic heterocycles. The first kappa shape index (κ1) is 36.3. The van der Waals surface area contributed by atoms with Gasteiger partial charge in [0.15, 0.2) is 5.82 Å². The number of benzene rings is 7. The lowest BCUT2D eigenvalue weighted by molar-refractivity contribution is 1.18. The highest BCUT2D eigenvalue weighted by Gasteiger charge is 2.17. The Bertz CT molecular complexity index is 2690. The molecule has 0 unspecified atom stereocenters. The molecule has 3 heterocycles. The van der Waals surface area contributed by atoms with E-state index < -0.39 is 0 Å². The molecule has 0 N–H and O–H groups in total. The summed E-state index contributed by atoms with van der Waals surface area (Å²) in [5.41, 5.74) is 18.4. The van der Waals surface area contributed by atoms with Crippen LogP contribution in [0.2, 0.25) is 0 Å². The smallest absolute Gasteiger partial charge is 0.159 e. The van der Waals surface area contributed by atoms with E-state index in [1.165, 1.54) is 0 Å². The fourth-order valence-corrected chi connectivity index (χ4v) is 7.97. The number of aromatic nitrogens is 4. The normalized spacial score (nSPS) is 11.0. The molecule has 0 aliphatic heterocycles. The van der Waals surface area contributed by atoms with Gasteiger partial charge < -0.3 is 0 Å². The average Bonchev–Trinajstić information content (AvgIpc) is 3.35. The molecule has 4 heteroatoms. The summed E-state index contributed by atoms with van der Waals surface area (Å²) in [5.74, 6) is 0.710. The van der Waals surface area contributed by atoms with Gasteiger partial charge >= 0.3 is 0 Å². The van der Waals surface area contributed by atoms with Crippen molar-refractivity contribution in [2.24, 2.45) is 0 Å². The van der Waals surface area contributed by atoms with Gasteiger partial charge in [-0.2, -0.15) is 0 Å². The molecule has 0 atom stereocenters. The molecule has 0 aliphatic rings. The highest BCUT2D eigenvalue weighted by Crippen LogP contribution is 2.42. The molecule has 0 amide bonds. The van der Waals surface area contributed by atoms with Crippen molar-refractivity contribution in [1.82, 2.24) is 19.9 Å². The van der Waals surface area contributed by atoms with Crippen molar-refractivity contribution in [2.75, 3.05) is 0 Å². The molecule has 0 bridgehead atoms. The summed E-state index contributed by atoms with van der Waals surface area (Å²) < 4.78 is 0. The van der Waals surface area contributed by atoms with Crippen LogP contribution in [0.1, 0.15) is 0 Å². The minimum Gasteiger partial charge on any atom is -0.256 e. The van der Waals surface area contributed by atoms with E-state index in [1.807, 2.05) is 54.9 Å². The maximum absolute atomic E-state index is 4.92. The molecule has 0 saturated carbocycles. The van der Waals surface area contributed by atoms with Crippen LogP contribution in [0.5, 0.6) is 0 Å². The van der Waals surface area contributed by atoms with Crippen LogP contribution in [0.3, 0.4) is 0 Å². The van der Waals surface area contributed by atoms with Gasteiger partial charge in [-0.05, 0) is 92.0 Å². The molecule has 0 saturated heterocycles. The fourth-order valence-electron chi connectivity index (χ4n) is 7.97. The molecule has 0 radical (unpaired) electrons. The van der Waals surface area contributed by atoms with Crippen molar-refractivity contribution in [2.45, 2.75) is 0 Å². The lowest BCUT2D eigenvalue weighted by Gasteiger charge is -2.18. The third-order valence-corrected chi connectivity index (χ3v) is 11.0. The Balaban J connectivity index is 1.12. The van der Waals surface area contributed by atoms with Crippen LogP contribution in [0.15, 0.2) is 231 Å². The Hall–Kier alpha value is -8.08. The second-order valence-electron chi connectivity index (χ2n) is 14.7. The Morgan fingerprint density at radius 2 is 0.550 bits per heavy atom. The minimum absolute atomic E-state index is 0.710. The van der Waals surface area contributed by atoms with Gasteiger partial charge in [-0.25, -0.2) is 9.97 Å². The van der Waals surface area contributed by atoms with Crippen molar-refractivity contribution in [3.63, 3.8) is 0 Å². The molecule has 0 aliphatic carbocycles. The molecule has 4 nitrogen and oxygen atoms in total. The quantitative estimate of drug-likeness (QED) is 0.147. The van der Waals surface area contributed by atoms with E-state index in [2.05, 4.69) is 174 Å². The minimum atomic E-state index is 0.710. The topological polar surface area (TPSA) is 51.6 Å². The molecule has 10 rings (SSSR count). The number of hydrogen-bond donors (Lipinski definition) is 0. The third-order valence-electron chi connectivity index (χ3n) is 11.0. The van der Waals surface area contributed by atoms with Gasteiger partial charge in [0.1, 0.15) is 0 Å². The molecule has 10 aromatic rings. The molecular weight excluding hydrogens is 729 g/mol. The lowest BCUT2D eigenvalue weighted by Crippen LogP contribution is -1.93. The Morgan fingerprint density at radius 1 is 0.217 bits per heavy atom. The van der Waals surface area contributed by atoms with E-state index in [9.17, 15) is 0 Å². The summed E-state index contributed by atoms with van der Waals surface area (Å²) in [6.07, 6.45) is 7.54. The van der Waals surface area contributed by atoms with E-state index in [4.69, 9.17) is 9.97 Å². The van der Waals surface area contributed by atoms with Crippen molar-refractivity contribution < 1.29 is 0 Å². The van der Waals surface area contributed by atoms with Crippen molar-refractivity contribution >= 4 is 0 Å². The van der Waals surface area contributed by atoms with Gasteiger partial charge in [0.05, 0.1) is 11.4 Å². The average molecular weight is 767 g/mol. The summed E-state index contributed by atoms with van der Waals surface area (Å²) in [5, 5.41) is 0. The van der Waals surface area contributed by atoms with Crippen molar-refractivity contribution in [1.29, 1.82) is 0 Å². The first-order valence-electron chi connectivity index (χ1n) is 20.1. The van der Waals surface area contributed by atoms with E-state index in [0.717, 1.165) is 94.8 Å². The van der Waals surface area contributed by atoms with Crippen LogP contribution in [-0.2, 0) is 0 Å². The Kier molecular flexibility index (Phi) is 9.92.